The molecule has 0 amide bonds. The van der Waals surface area contributed by atoms with Crippen molar-refractivity contribution >= 4 is 9.84 Å². The van der Waals surface area contributed by atoms with E-state index < -0.39 is 9.84 Å². The summed E-state index contributed by atoms with van der Waals surface area (Å²) >= 11 is 0. The summed E-state index contributed by atoms with van der Waals surface area (Å²) in [6, 6.07) is 0.317. The summed E-state index contributed by atoms with van der Waals surface area (Å²) in [5.41, 5.74) is 0.477. The van der Waals surface area contributed by atoms with Crippen molar-refractivity contribution in [3.8, 4) is 0 Å². The number of nitrogens with one attached hydrogen (secondary N) is 1. The minimum atomic E-state index is -2.72. The van der Waals surface area contributed by atoms with E-state index >= 15 is 0 Å². The Hall–Kier alpha value is -0.130. The summed E-state index contributed by atoms with van der Waals surface area (Å²) in [5.74, 6) is 0.802. The molecule has 92 valence electrons. The fourth-order valence-corrected chi connectivity index (χ4v) is 5.20. The van der Waals surface area contributed by atoms with E-state index in [-0.39, 0.29) is 0 Å². The van der Waals surface area contributed by atoms with E-state index in [9.17, 15) is 8.42 Å². The molecule has 4 nitrogen and oxygen atoms in total. The van der Waals surface area contributed by atoms with Gasteiger partial charge >= 0.3 is 0 Å². The van der Waals surface area contributed by atoms with Crippen LogP contribution in [0.25, 0.3) is 0 Å². The molecule has 0 aromatic heterocycles. The van der Waals surface area contributed by atoms with Gasteiger partial charge in [0, 0.05) is 31.1 Å². The van der Waals surface area contributed by atoms with Crippen LogP contribution in [-0.4, -0.2) is 57.0 Å². The highest BCUT2D eigenvalue weighted by molar-refractivity contribution is 7.91. The zero-order valence-corrected chi connectivity index (χ0v) is 10.4. The number of nitrogens with zero attached hydrogens (tertiary/aromatic N) is 1. The minimum Gasteiger partial charge on any atom is -0.316 e. The Labute approximate surface area is 97.3 Å². The first kappa shape index (κ1) is 11.0. The van der Waals surface area contributed by atoms with Crippen molar-refractivity contribution in [1.82, 2.24) is 10.2 Å². The molecule has 3 saturated heterocycles. The lowest BCUT2D eigenvalue weighted by Gasteiger charge is -2.54. The van der Waals surface area contributed by atoms with Crippen molar-refractivity contribution < 1.29 is 8.42 Å². The molecule has 5 heteroatoms. The van der Waals surface area contributed by atoms with Gasteiger partial charge in [0.05, 0.1) is 11.5 Å². The maximum Gasteiger partial charge on any atom is 0.151 e. The van der Waals surface area contributed by atoms with Gasteiger partial charge < -0.3 is 5.32 Å². The normalized spacial score (nSPS) is 37.4. The molecule has 16 heavy (non-hydrogen) atoms. The third-order valence-electron chi connectivity index (χ3n) is 4.36. The van der Waals surface area contributed by atoms with Crippen LogP contribution in [0.1, 0.15) is 19.3 Å². The summed E-state index contributed by atoms with van der Waals surface area (Å²) in [6.45, 7) is 4.50. The molecule has 3 aliphatic rings. The van der Waals surface area contributed by atoms with E-state index in [1.165, 1.54) is 12.8 Å². The van der Waals surface area contributed by atoms with Gasteiger partial charge in [0.2, 0.25) is 0 Å². The van der Waals surface area contributed by atoms with E-state index in [2.05, 4.69) is 10.2 Å². The SMILES string of the molecule is O=S1(=O)CCC(N2CC3(CCCNC3)C2)C1. The van der Waals surface area contributed by atoms with Crippen LogP contribution in [-0.2, 0) is 9.84 Å². The van der Waals surface area contributed by atoms with Gasteiger partial charge in [0.25, 0.3) is 0 Å². The van der Waals surface area contributed by atoms with E-state index in [1.54, 1.807) is 0 Å². The fourth-order valence-electron chi connectivity index (χ4n) is 3.44. The van der Waals surface area contributed by atoms with Gasteiger partial charge in [-0.2, -0.15) is 0 Å². The summed E-state index contributed by atoms with van der Waals surface area (Å²) in [4.78, 5) is 2.39. The lowest BCUT2D eigenvalue weighted by Crippen LogP contribution is -2.64. The molecule has 3 fully saturated rings. The van der Waals surface area contributed by atoms with E-state index in [4.69, 9.17) is 0 Å². The molecule has 3 heterocycles. The average Bonchev–Trinajstić information content (AvgIpc) is 2.56. The first-order valence-electron chi connectivity index (χ1n) is 6.24. The van der Waals surface area contributed by atoms with Crippen molar-refractivity contribution in [2.45, 2.75) is 25.3 Å². The van der Waals surface area contributed by atoms with Crippen molar-refractivity contribution in [2.75, 3.05) is 37.7 Å². The minimum absolute atomic E-state index is 0.317. The smallest absolute Gasteiger partial charge is 0.151 e. The van der Waals surface area contributed by atoms with Crippen LogP contribution in [0.15, 0.2) is 0 Å². The molecule has 0 saturated carbocycles. The molecule has 1 atom stereocenters. The topological polar surface area (TPSA) is 49.4 Å². The number of sulfone groups is 1. The third kappa shape index (κ3) is 1.89. The third-order valence-corrected chi connectivity index (χ3v) is 6.11. The van der Waals surface area contributed by atoms with Crippen molar-refractivity contribution in [2.24, 2.45) is 5.41 Å². The van der Waals surface area contributed by atoms with Crippen molar-refractivity contribution in [3.05, 3.63) is 0 Å². The van der Waals surface area contributed by atoms with Gasteiger partial charge in [-0.3, -0.25) is 4.90 Å². The Morgan fingerprint density at radius 3 is 2.69 bits per heavy atom. The molecule has 3 aliphatic heterocycles. The Morgan fingerprint density at radius 1 is 1.31 bits per heavy atom. The van der Waals surface area contributed by atoms with Crippen LogP contribution in [0.4, 0.5) is 0 Å². The van der Waals surface area contributed by atoms with Crippen molar-refractivity contribution in [1.29, 1.82) is 0 Å². The molecular formula is C11H20N2O2S. The average molecular weight is 244 g/mol. The monoisotopic (exact) mass is 244 g/mol. The highest BCUT2D eigenvalue weighted by atomic mass is 32.2. The second-order valence-electron chi connectivity index (χ2n) is 5.74. The van der Waals surface area contributed by atoms with Gasteiger partial charge in [0.15, 0.2) is 9.84 Å². The number of piperidine rings is 1. The lowest BCUT2D eigenvalue weighted by atomic mass is 9.73. The highest BCUT2D eigenvalue weighted by Gasteiger charge is 2.47. The Balaban J connectivity index is 1.57. The van der Waals surface area contributed by atoms with Crippen LogP contribution in [0.5, 0.6) is 0 Å². The van der Waals surface area contributed by atoms with Crippen LogP contribution >= 0.6 is 0 Å². The molecule has 1 unspecified atom stereocenters. The van der Waals surface area contributed by atoms with Crippen LogP contribution in [0.2, 0.25) is 0 Å². The molecule has 0 bridgehead atoms. The number of likely N-dealkylation sites (tertiary alicyclic amines) is 1. The number of hydrogen-bond acceptors (Lipinski definition) is 4. The Morgan fingerprint density at radius 2 is 2.12 bits per heavy atom. The van der Waals surface area contributed by atoms with Gasteiger partial charge in [-0.15, -0.1) is 0 Å². The standard InChI is InChI=1S/C11H20N2O2S/c14-16(15)5-2-10(6-16)13-8-11(9-13)3-1-4-12-7-11/h10,12H,1-9H2. The first-order chi connectivity index (χ1) is 7.59. The molecule has 0 radical (unpaired) electrons. The van der Waals surface area contributed by atoms with Gasteiger partial charge in [0.1, 0.15) is 0 Å². The molecule has 1 N–H and O–H groups in total. The van der Waals surface area contributed by atoms with Crippen LogP contribution in [0.3, 0.4) is 0 Å². The Bertz CT molecular complexity index is 365. The van der Waals surface area contributed by atoms with Gasteiger partial charge in [-0.05, 0) is 25.8 Å². The summed E-state index contributed by atoms with van der Waals surface area (Å²) in [5, 5.41) is 3.46. The summed E-state index contributed by atoms with van der Waals surface area (Å²) in [6.07, 6.45) is 3.44. The van der Waals surface area contributed by atoms with E-state index in [0.717, 1.165) is 32.6 Å². The second kappa shape index (κ2) is 3.68. The second-order valence-corrected chi connectivity index (χ2v) is 7.97. The predicted octanol–water partition coefficient (Wildman–Crippen LogP) is -0.141. The van der Waals surface area contributed by atoms with Crippen molar-refractivity contribution in [3.63, 3.8) is 0 Å². The predicted molar refractivity (Wildman–Crippen MR) is 63.2 cm³/mol. The molecule has 0 aromatic rings. The highest BCUT2D eigenvalue weighted by Crippen LogP contribution is 2.39. The molecule has 1 spiro atoms. The lowest BCUT2D eigenvalue weighted by molar-refractivity contribution is -0.0394. The molecule has 3 rings (SSSR count). The first-order valence-corrected chi connectivity index (χ1v) is 8.06. The molecule has 0 aliphatic carbocycles. The molecular weight excluding hydrogens is 224 g/mol. The fraction of sp³-hybridized carbons (Fsp3) is 1.00. The van der Waals surface area contributed by atoms with Crippen LogP contribution in [0, 0.1) is 5.41 Å². The number of hydrogen-bond donors (Lipinski definition) is 1. The zero-order valence-electron chi connectivity index (χ0n) is 9.61. The quantitative estimate of drug-likeness (QED) is 0.697. The van der Waals surface area contributed by atoms with E-state index in [0.29, 0.717) is 23.0 Å². The maximum atomic E-state index is 11.4. The Kier molecular flexibility index (Phi) is 2.53. The summed E-state index contributed by atoms with van der Waals surface area (Å²) < 4.78 is 22.8. The molecule has 0 aromatic carbocycles. The largest absolute Gasteiger partial charge is 0.316 e. The number of rotatable bonds is 1. The summed E-state index contributed by atoms with van der Waals surface area (Å²) in [7, 11) is -2.72. The van der Waals surface area contributed by atoms with Crippen LogP contribution < -0.4 is 5.32 Å². The maximum absolute atomic E-state index is 11.4. The van der Waals surface area contributed by atoms with E-state index in [1.807, 2.05) is 0 Å². The van der Waals surface area contributed by atoms with Gasteiger partial charge in [-0.25, -0.2) is 8.42 Å². The zero-order chi connectivity index (χ0) is 11.2. The van der Waals surface area contributed by atoms with Gasteiger partial charge in [-0.1, -0.05) is 0 Å².